The summed E-state index contributed by atoms with van der Waals surface area (Å²) in [5.41, 5.74) is 1.21. The van der Waals surface area contributed by atoms with Gasteiger partial charge in [-0.15, -0.1) is 0 Å². The zero-order valence-electron chi connectivity index (χ0n) is 11.6. The van der Waals surface area contributed by atoms with E-state index in [2.05, 4.69) is 11.4 Å². The fourth-order valence-corrected chi connectivity index (χ4v) is 3.45. The van der Waals surface area contributed by atoms with Crippen LogP contribution in [0, 0.1) is 0 Å². The fraction of sp³-hybridized carbons (Fsp3) is 0.600. The predicted octanol–water partition coefficient (Wildman–Crippen LogP) is 2.93. The van der Waals surface area contributed by atoms with Crippen molar-refractivity contribution >= 4 is 23.2 Å². The van der Waals surface area contributed by atoms with E-state index >= 15 is 0 Å². The molecule has 4 nitrogen and oxygen atoms in total. The molecule has 5 heteroatoms. The lowest BCUT2D eigenvalue weighted by atomic mass is 9.97. The minimum atomic E-state index is -0.777. The SMILES string of the molecule is O=C(O)CC[C@@H]1CCCCN1C(=O)CCc1ccsc1. The van der Waals surface area contributed by atoms with Gasteiger partial charge in [-0.1, -0.05) is 0 Å². The Hall–Kier alpha value is -1.36. The molecule has 1 amide bonds. The van der Waals surface area contributed by atoms with Crippen LogP contribution in [0.3, 0.4) is 0 Å². The Balaban J connectivity index is 1.86. The number of nitrogens with zero attached hydrogens (tertiary/aromatic N) is 1. The average Bonchev–Trinajstić information content (AvgIpc) is 2.96. The van der Waals surface area contributed by atoms with E-state index in [0.717, 1.165) is 32.2 Å². The molecule has 1 saturated heterocycles. The molecule has 1 aromatic rings. The number of aliphatic carboxylic acids is 1. The van der Waals surface area contributed by atoms with Gasteiger partial charge in [-0.3, -0.25) is 9.59 Å². The van der Waals surface area contributed by atoms with E-state index in [1.807, 2.05) is 10.3 Å². The molecule has 20 heavy (non-hydrogen) atoms. The Morgan fingerprint density at radius 3 is 2.90 bits per heavy atom. The number of carboxylic acid groups (broad SMARTS) is 1. The maximum atomic E-state index is 12.3. The minimum absolute atomic E-state index is 0.120. The van der Waals surface area contributed by atoms with Gasteiger partial charge in [-0.2, -0.15) is 11.3 Å². The van der Waals surface area contributed by atoms with Crippen molar-refractivity contribution in [2.45, 2.75) is 51.0 Å². The molecule has 0 aromatic carbocycles. The molecule has 0 aliphatic carbocycles. The van der Waals surface area contributed by atoms with Gasteiger partial charge in [-0.05, 0) is 54.5 Å². The van der Waals surface area contributed by atoms with Crippen molar-refractivity contribution in [2.75, 3.05) is 6.54 Å². The molecule has 1 fully saturated rings. The van der Waals surface area contributed by atoms with Crippen molar-refractivity contribution in [3.05, 3.63) is 22.4 Å². The van der Waals surface area contributed by atoms with Crippen molar-refractivity contribution in [3.8, 4) is 0 Å². The summed E-state index contributed by atoms with van der Waals surface area (Å²) in [5, 5.41) is 12.9. The minimum Gasteiger partial charge on any atom is -0.481 e. The lowest BCUT2D eigenvalue weighted by Gasteiger charge is -2.35. The summed E-state index contributed by atoms with van der Waals surface area (Å²) in [6.07, 6.45) is 5.12. The van der Waals surface area contributed by atoms with Gasteiger partial charge in [0.15, 0.2) is 0 Å². The van der Waals surface area contributed by atoms with E-state index in [1.165, 1.54) is 5.56 Å². The Kier molecular flexibility index (Phi) is 5.59. The van der Waals surface area contributed by atoms with Crippen LogP contribution in [0.4, 0.5) is 0 Å². The van der Waals surface area contributed by atoms with Gasteiger partial charge < -0.3 is 10.0 Å². The molecule has 0 spiro atoms. The molecule has 1 N–H and O–H groups in total. The van der Waals surface area contributed by atoms with Gasteiger partial charge in [0.1, 0.15) is 0 Å². The van der Waals surface area contributed by atoms with E-state index in [4.69, 9.17) is 5.11 Å². The summed E-state index contributed by atoms with van der Waals surface area (Å²) in [5.74, 6) is -0.604. The zero-order chi connectivity index (χ0) is 14.4. The van der Waals surface area contributed by atoms with Crippen molar-refractivity contribution in [3.63, 3.8) is 0 Å². The highest BCUT2D eigenvalue weighted by molar-refractivity contribution is 7.07. The molecule has 2 rings (SSSR count). The number of thiophene rings is 1. The molecule has 1 aromatic heterocycles. The number of amides is 1. The number of piperidine rings is 1. The molecule has 1 aliphatic heterocycles. The van der Waals surface area contributed by atoms with Crippen LogP contribution >= 0.6 is 11.3 Å². The Bertz CT molecular complexity index is 444. The quantitative estimate of drug-likeness (QED) is 0.878. The number of hydrogen-bond donors (Lipinski definition) is 1. The van der Waals surface area contributed by atoms with Gasteiger partial charge in [0, 0.05) is 25.4 Å². The zero-order valence-corrected chi connectivity index (χ0v) is 12.4. The average molecular weight is 295 g/mol. The lowest BCUT2D eigenvalue weighted by molar-refractivity contribution is -0.140. The second-order valence-corrected chi connectivity index (χ2v) is 6.08. The van der Waals surface area contributed by atoms with Crippen molar-refractivity contribution < 1.29 is 14.7 Å². The van der Waals surface area contributed by atoms with Crippen LogP contribution in [0.25, 0.3) is 0 Å². The van der Waals surface area contributed by atoms with Gasteiger partial charge in [0.05, 0.1) is 0 Å². The molecule has 0 saturated carbocycles. The largest absolute Gasteiger partial charge is 0.481 e. The molecule has 2 heterocycles. The lowest BCUT2D eigenvalue weighted by Crippen LogP contribution is -2.44. The highest BCUT2D eigenvalue weighted by atomic mass is 32.1. The Labute approximate surface area is 123 Å². The summed E-state index contributed by atoms with van der Waals surface area (Å²) in [4.78, 5) is 24.9. The van der Waals surface area contributed by atoms with Crippen molar-refractivity contribution in [2.24, 2.45) is 0 Å². The third kappa shape index (κ3) is 4.34. The van der Waals surface area contributed by atoms with Crippen LogP contribution in [0.15, 0.2) is 16.8 Å². The number of carbonyl (C=O) groups is 2. The Morgan fingerprint density at radius 2 is 2.20 bits per heavy atom. The van der Waals surface area contributed by atoms with Crippen LogP contribution < -0.4 is 0 Å². The van der Waals surface area contributed by atoms with Crippen molar-refractivity contribution in [1.29, 1.82) is 0 Å². The molecule has 0 radical (unpaired) electrons. The topological polar surface area (TPSA) is 57.6 Å². The summed E-state index contributed by atoms with van der Waals surface area (Å²) in [6.45, 7) is 0.784. The van der Waals surface area contributed by atoms with Crippen LogP contribution in [0.1, 0.15) is 44.1 Å². The maximum absolute atomic E-state index is 12.3. The molecule has 1 atom stereocenters. The highest BCUT2D eigenvalue weighted by Crippen LogP contribution is 2.22. The van der Waals surface area contributed by atoms with Crippen molar-refractivity contribution in [1.82, 2.24) is 4.90 Å². The number of carbonyl (C=O) groups excluding carboxylic acids is 1. The first-order chi connectivity index (χ1) is 9.66. The third-order valence-corrected chi connectivity index (χ3v) is 4.58. The van der Waals surface area contributed by atoms with Crippen LogP contribution in [-0.2, 0) is 16.0 Å². The van der Waals surface area contributed by atoms with Crippen LogP contribution in [0.5, 0.6) is 0 Å². The molecule has 0 unspecified atom stereocenters. The van der Waals surface area contributed by atoms with Gasteiger partial charge in [0.2, 0.25) is 5.91 Å². The summed E-state index contributed by atoms with van der Waals surface area (Å²) < 4.78 is 0. The maximum Gasteiger partial charge on any atom is 0.303 e. The summed E-state index contributed by atoms with van der Waals surface area (Å²) >= 11 is 1.65. The van der Waals surface area contributed by atoms with Crippen LogP contribution in [0.2, 0.25) is 0 Å². The predicted molar refractivity (Wildman–Crippen MR) is 78.9 cm³/mol. The monoisotopic (exact) mass is 295 g/mol. The van der Waals surface area contributed by atoms with Gasteiger partial charge in [0.25, 0.3) is 0 Å². The third-order valence-electron chi connectivity index (χ3n) is 3.85. The number of rotatable bonds is 6. The number of aryl methyl sites for hydroxylation is 1. The first-order valence-electron chi connectivity index (χ1n) is 7.19. The molecule has 1 aliphatic rings. The molecule has 0 bridgehead atoms. The number of hydrogen-bond acceptors (Lipinski definition) is 3. The summed E-state index contributed by atoms with van der Waals surface area (Å²) in [7, 11) is 0. The highest BCUT2D eigenvalue weighted by Gasteiger charge is 2.26. The molecular weight excluding hydrogens is 274 g/mol. The number of carboxylic acids is 1. The van der Waals surface area contributed by atoms with Gasteiger partial charge in [-0.25, -0.2) is 0 Å². The molecular formula is C15H21NO3S. The normalized spacial score (nSPS) is 19.0. The van der Waals surface area contributed by atoms with E-state index in [9.17, 15) is 9.59 Å². The van der Waals surface area contributed by atoms with E-state index < -0.39 is 5.97 Å². The van der Waals surface area contributed by atoms with Gasteiger partial charge >= 0.3 is 5.97 Å². The second kappa shape index (κ2) is 7.43. The Morgan fingerprint density at radius 1 is 1.35 bits per heavy atom. The van der Waals surface area contributed by atoms with E-state index in [-0.39, 0.29) is 18.4 Å². The van der Waals surface area contributed by atoms with E-state index in [0.29, 0.717) is 12.8 Å². The summed E-state index contributed by atoms with van der Waals surface area (Å²) in [6, 6.07) is 2.17. The first kappa shape index (κ1) is 15.0. The van der Waals surface area contributed by atoms with Crippen LogP contribution in [-0.4, -0.2) is 34.5 Å². The fourth-order valence-electron chi connectivity index (χ4n) is 2.75. The first-order valence-corrected chi connectivity index (χ1v) is 8.13. The van der Waals surface area contributed by atoms with E-state index in [1.54, 1.807) is 11.3 Å². The number of likely N-dealkylation sites (tertiary alicyclic amines) is 1. The smallest absolute Gasteiger partial charge is 0.303 e. The second-order valence-electron chi connectivity index (χ2n) is 5.30. The standard InChI is InChI=1S/C15H21NO3S/c17-14(6-4-12-8-10-20-11-12)16-9-2-1-3-13(16)5-7-15(18)19/h8,10-11,13H,1-7,9H2,(H,18,19)/t13-/m0/s1. The molecule has 110 valence electrons.